The zero-order valence-electron chi connectivity index (χ0n) is 15.0. The minimum Gasteiger partial charge on any atom is -0.332 e. The minimum atomic E-state index is 0.177. The smallest absolute Gasteiger partial charge is 0.130 e. The van der Waals surface area contributed by atoms with Crippen LogP contribution in [0.2, 0.25) is 0 Å². The number of rotatable bonds is 2. The van der Waals surface area contributed by atoms with E-state index in [0.29, 0.717) is 0 Å². The Balaban J connectivity index is 0.000000198. The molecule has 0 aliphatic carbocycles. The maximum absolute atomic E-state index is 3.95. The fraction of sp³-hybridized carbons (Fsp3) is 0.190. The average molecular weight is 316 g/mol. The van der Waals surface area contributed by atoms with Crippen molar-refractivity contribution < 1.29 is 0 Å². The highest BCUT2D eigenvalue weighted by Gasteiger charge is 2.09. The maximum Gasteiger partial charge on any atom is 0.130 e. The van der Waals surface area contributed by atoms with Crippen LogP contribution in [0, 0.1) is 0 Å². The lowest BCUT2D eigenvalue weighted by Crippen LogP contribution is -2.19. The third-order valence-corrected chi connectivity index (χ3v) is 3.74. The van der Waals surface area contributed by atoms with Crippen LogP contribution in [0.15, 0.2) is 85.4 Å². The van der Waals surface area contributed by atoms with E-state index in [9.17, 15) is 0 Å². The normalized spacial score (nSPS) is 10.5. The Bertz CT molecular complexity index is 698. The van der Waals surface area contributed by atoms with Crippen molar-refractivity contribution in [2.75, 3.05) is 0 Å². The van der Waals surface area contributed by atoms with Crippen LogP contribution in [0.4, 0.5) is 0 Å². The van der Waals surface area contributed by atoms with Gasteiger partial charge in [0.1, 0.15) is 7.85 Å². The zero-order chi connectivity index (χ0) is 17.4. The molecule has 0 bridgehead atoms. The standard InChI is InChI=1S/C14H13B.C7H12N2/c15-11-14(12-7-3-1-4-8-12)13-9-5-2-6-10-13;1-7(2,3)9-5-4-8-6-9/h1-11H,15H2;4-6H,1-3H3. The van der Waals surface area contributed by atoms with Gasteiger partial charge >= 0.3 is 0 Å². The van der Waals surface area contributed by atoms with Gasteiger partial charge in [-0.15, -0.1) is 5.98 Å². The molecular weight excluding hydrogens is 291 g/mol. The highest BCUT2D eigenvalue weighted by Crippen LogP contribution is 2.21. The molecule has 0 fully saturated rings. The van der Waals surface area contributed by atoms with Crippen LogP contribution in [0.25, 0.3) is 5.57 Å². The monoisotopic (exact) mass is 316 g/mol. The lowest BCUT2D eigenvalue weighted by molar-refractivity contribution is 0.396. The fourth-order valence-corrected chi connectivity index (χ4v) is 2.39. The quantitative estimate of drug-likeness (QED) is 0.643. The lowest BCUT2D eigenvalue weighted by Gasteiger charge is -2.19. The maximum atomic E-state index is 3.95. The van der Waals surface area contributed by atoms with Crippen molar-refractivity contribution in [2.45, 2.75) is 26.3 Å². The molecule has 0 N–H and O–H groups in total. The molecule has 3 aromatic rings. The fourth-order valence-electron chi connectivity index (χ4n) is 2.39. The van der Waals surface area contributed by atoms with Gasteiger partial charge in [0.2, 0.25) is 0 Å². The molecule has 24 heavy (non-hydrogen) atoms. The molecule has 0 amide bonds. The third kappa shape index (κ3) is 4.99. The number of aromatic nitrogens is 2. The molecular formula is C21H25BN2. The molecule has 0 radical (unpaired) electrons. The lowest BCUT2D eigenvalue weighted by atomic mass is 9.92. The first-order valence-corrected chi connectivity index (χ1v) is 8.28. The molecule has 3 rings (SSSR count). The van der Waals surface area contributed by atoms with Gasteiger partial charge in [0.05, 0.1) is 6.33 Å². The largest absolute Gasteiger partial charge is 0.332 e. The van der Waals surface area contributed by atoms with Gasteiger partial charge in [0, 0.05) is 17.9 Å². The molecule has 1 aromatic heterocycles. The molecule has 1 heterocycles. The van der Waals surface area contributed by atoms with Gasteiger partial charge in [0.15, 0.2) is 0 Å². The zero-order valence-corrected chi connectivity index (χ0v) is 15.0. The molecule has 0 aliphatic rings. The minimum absolute atomic E-state index is 0.177. The summed E-state index contributed by atoms with van der Waals surface area (Å²) in [5.74, 6) is 2.16. The number of hydrogen-bond donors (Lipinski definition) is 0. The molecule has 3 heteroatoms. The predicted molar refractivity (Wildman–Crippen MR) is 106 cm³/mol. The molecule has 2 aromatic carbocycles. The van der Waals surface area contributed by atoms with Gasteiger partial charge in [0.25, 0.3) is 0 Å². The Morgan fingerprint density at radius 1 is 0.917 bits per heavy atom. The van der Waals surface area contributed by atoms with Crippen LogP contribution in [0.5, 0.6) is 0 Å². The van der Waals surface area contributed by atoms with Crippen molar-refractivity contribution >= 4 is 13.4 Å². The molecule has 122 valence electrons. The molecule has 0 unspecified atom stereocenters. The summed E-state index contributed by atoms with van der Waals surface area (Å²) >= 11 is 0. The van der Waals surface area contributed by atoms with E-state index in [0.717, 1.165) is 0 Å². The summed E-state index contributed by atoms with van der Waals surface area (Å²) in [7, 11) is 2.08. The van der Waals surface area contributed by atoms with E-state index < -0.39 is 0 Å². The molecule has 0 atom stereocenters. The van der Waals surface area contributed by atoms with Crippen molar-refractivity contribution in [3.63, 3.8) is 0 Å². The summed E-state index contributed by atoms with van der Waals surface area (Å²) in [6.45, 7) is 6.44. The van der Waals surface area contributed by atoms with E-state index in [4.69, 9.17) is 0 Å². The summed E-state index contributed by atoms with van der Waals surface area (Å²) in [6.07, 6.45) is 5.60. The highest BCUT2D eigenvalue weighted by molar-refractivity contribution is 6.21. The Kier molecular flexibility index (Phi) is 6.19. The Hall–Kier alpha value is -2.55. The second-order valence-corrected chi connectivity index (χ2v) is 6.58. The van der Waals surface area contributed by atoms with E-state index in [1.807, 2.05) is 24.7 Å². The van der Waals surface area contributed by atoms with Gasteiger partial charge in [-0.05, 0) is 37.5 Å². The van der Waals surface area contributed by atoms with Gasteiger partial charge in [-0.3, -0.25) is 0 Å². The van der Waals surface area contributed by atoms with Gasteiger partial charge in [-0.2, -0.15) is 0 Å². The van der Waals surface area contributed by atoms with Crippen molar-refractivity contribution in [3.05, 3.63) is 96.5 Å². The van der Waals surface area contributed by atoms with Crippen LogP contribution in [0.3, 0.4) is 0 Å². The number of imidazole rings is 1. The molecule has 0 spiro atoms. The summed E-state index contributed by atoms with van der Waals surface area (Å²) in [5, 5.41) is 0. The molecule has 0 saturated carbocycles. The first-order valence-electron chi connectivity index (χ1n) is 8.28. The summed E-state index contributed by atoms with van der Waals surface area (Å²) in [6, 6.07) is 20.9. The SMILES string of the molecule is BC=C(c1ccccc1)c1ccccc1.CC(C)(C)n1ccnc1. The predicted octanol–water partition coefficient (Wildman–Crippen LogP) is 4.35. The first kappa shape index (κ1) is 17.8. The van der Waals surface area contributed by atoms with Crippen molar-refractivity contribution in [1.29, 1.82) is 0 Å². The van der Waals surface area contributed by atoms with E-state index in [-0.39, 0.29) is 5.54 Å². The second kappa shape index (κ2) is 8.35. The van der Waals surface area contributed by atoms with Crippen LogP contribution in [0.1, 0.15) is 31.9 Å². The van der Waals surface area contributed by atoms with Crippen LogP contribution < -0.4 is 0 Å². The van der Waals surface area contributed by atoms with E-state index in [1.54, 1.807) is 6.20 Å². The summed E-state index contributed by atoms with van der Waals surface area (Å²) in [4.78, 5) is 3.95. The van der Waals surface area contributed by atoms with Crippen molar-refractivity contribution in [2.24, 2.45) is 0 Å². The number of nitrogens with zero attached hydrogens (tertiary/aromatic N) is 2. The third-order valence-electron chi connectivity index (χ3n) is 3.74. The van der Waals surface area contributed by atoms with Crippen LogP contribution in [-0.4, -0.2) is 17.4 Å². The first-order chi connectivity index (χ1) is 11.5. The van der Waals surface area contributed by atoms with E-state index >= 15 is 0 Å². The Labute approximate surface area is 146 Å². The van der Waals surface area contributed by atoms with Gasteiger partial charge in [-0.25, -0.2) is 4.98 Å². The molecule has 0 aliphatic heterocycles. The average Bonchev–Trinajstić information content (AvgIpc) is 3.13. The summed E-state index contributed by atoms with van der Waals surface area (Å²) < 4.78 is 2.08. The van der Waals surface area contributed by atoms with E-state index in [2.05, 4.69) is 92.7 Å². The van der Waals surface area contributed by atoms with E-state index in [1.165, 1.54) is 16.7 Å². The highest BCUT2D eigenvalue weighted by atomic mass is 15.1. The van der Waals surface area contributed by atoms with Crippen LogP contribution >= 0.6 is 0 Å². The number of hydrogen-bond acceptors (Lipinski definition) is 1. The van der Waals surface area contributed by atoms with Crippen molar-refractivity contribution in [1.82, 2.24) is 9.55 Å². The molecule has 2 nitrogen and oxygen atoms in total. The number of benzene rings is 2. The Morgan fingerprint density at radius 2 is 1.42 bits per heavy atom. The van der Waals surface area contributed by atoms with Crippen molar-refractivity contribution in [3.8, 4) is 0 Å². The Morgan fingerprint density at radius 3 is 1.71 bits per heavy atom. The van der Waals surface area contributed by atoms with Gasteiger partial charge in [-0.1, -0.05) is 60.7 Å². The second-order valence-electron chi connectivity index (χ2n) is 6.58. The summed E-state index contributed by atoms with van der Waals surface area (Å²) in [5.41, 5.74) is 4.00. The van der Waals surface area contributed by atoms with Crippen LogP contribution in [-0.2, 0) is 5.54 Å². The van der Waals surface area contributed by atoms with Gasteiger partial charge < -0.3 is 4.57 Å². The topological polar surface area (TPSA) is 17.8 Å². The molecule has 0 saturated heterocycles.